The Morgan fingerprint density at radius 2 is 2.00 bits per heavy atom. The van der Waals surface area contributed by atoms with Crippen molar-refractivity contribution in [2.45, 2.75) is 31.7 Å². The number of nitrogens with zero attached hydrogens (tertiary/aromatic N) is 1. The van der Waals surface area contributed by atoms with E-state index in [-0.39, 0.29) is 5.54 Å². The molecule has 0 aromatic rings. The van der Waals surface area contributed by atoms with Gasteiger partial charge in [0.1, 0.15) is 0 Å². The maximum atomic E-state index is 11.5. The van der Waals surface area contributed by atoms with Gasteiger partial charge in [-0.25, -0.2) is 8.42 Å². The molecule has 0 aromatic carbocycles. The zero-order chi connectivity index (χ0) is 11.8. The van der Waals surface area contributed by atoms with Crippen LogP contribution in [0.4, 0.5) is 0 Å². The van der Waals surface area contributed by atoms with Crippen molar-refractivity contribution in [1.82, 2.24) is 4.90 Å². The van der Waals surface area contributed by atoms with Crippen LogP contribution in [0.1, 0.15) is 26.2 Å². The molecular formula is C11H22N2O2S. The average molecular weight is 246 g/mol. The molecule has 2 N–H and O–H groups in total. The molecule has 2 aliphatic rings. The molecule has 5 heteroatoms. The summed E-state index contributed by atoms with van der Waals surface area (Å²) in [6, 6.07) is 0. The summed E-state index contributed by atoms with van der Waals surface area (Å²) in [4.78, 5) is 2.23. The maximum absolute atomic E-state index is 11.5. The molecule has 2 rings (SSSR count). The lowest BCUT2D eigenvalue weighted by atomic mass is 9.96. The van der Waals surface area contributed by atoms with E-state index in [1.54, 1.807) is 0 Å². The van der Waals surface area contributed by atoms with Crippen molar-refractivity contribution in [3.63, 3.8) is 0 Å². The summed E-state index contributed by atoms with van der Waals surface area (Å²) in [5, 5.41) is 0. The van der Waals surface area contributed by atoms with Gasteiger partial charge in [0.05, 0.1) is 11.5 Å². The third-order valence-corrected chi connectivity index (χ3v) is 5.44. The first-order valence-corrected chi connectivity index (χ1v) is 7.93. The van der Waals surface area contributed by atoms with Crippen molar-refractivity contribution in [3.8, 4) is 0 Å². The minimum Gasteiger partial charge on any atom is -0.324 e. The van der Waals surface area contributed by atoms with Crippen LogP contribution in [-0.4, -0.2) is 50.0 Å². The van der Waals surface area contributed by atoms with Crippen LogP contribution < -0.4 is 5.73 Å². The highest BCUT2D eigenvalue weighted by Gasteiger charge is 2.39. The van der Waals surface area contributed by atoms with Gasteiger partial charge >= 0.3 is 0 Å². The van der Waals surface area contributed by atoms with Gasteiger partial charge in [-0.3, -0.25) is 0 Å². The fourth-order valence-corrected chi connectivity index (χ4v) is 3.81. The van der Waals surface area contributed by atoms with Crippen LogP contribution in [0.3, 0.4) is 0 Å². The molecule has 0 amide bonds. The lowest BCUT2D eigenvalue weighted by Gasteiger charge is -2.31. The van der Waals surface area contributed by atoms with E-state index in [2.05, 4.69) is 11.8 Å². The Kier molecular flexibility index (Phi) is 3.29. The molecule has 1 heterocycles. The van der Waals surface area contributed by atoms with E-state index in [0.29, 0.717) is 24.0 Å². The largest absolute Gasteiger partial charge is 0.324 e. The van der Waals surface area contributed by atoms with E-state index in [1.165, 1.54) is 12.8 Å². The molecule has 1 saturated carbocycles. The van der Waals surface area contributed by atoms with Crippen LogP contribution in [0.15, 0.2) is 0 Å². The molecule has 2 fully saturated rings. The highest BCUT2D eigenvalue weighted by molar-refractivity contribution is 7.91. The van der Waals surface area contributed by atoms with Crippen LogP contribution in [0.5, 0.6) is 0 Å². The fraction of sp³-hybridized carbons (Fsp3) is 1.00. The number of hydrogen-bond donors (Lipinski definition) is 1. The van der Waals surface area contributed by atoms with E-state index in [9.17, 15) is 8.42 Å². The van der Waals surface area contributed by atoms with Crippen LogP contribution in [-0.2, 0) is 9.84 Å². The second-order valence-electron chi connectivity index (χ2n) is 5.56. The third-order valence-electron chi connectivity index (χ3n) is 3.72. The second-order valence-corrected chi connectivity index (χ2v) is 7.87. The fourth-order valence-electron chi connectivity index (χ4n) is 2.50. The van der Waals surface area contributed by atoms with Crippen LogP contribution in [0.25, 0.3) is 0 Å². The van der Waals surface area contributed by atoms with Crippen LogP contribution in [0, 0.1) is 5.92 Å². The minimum atomic E-state index is -2.79. The second kappa shape index (κ2) is 4.27. The summed E-state index contributed by atoms with van der Waals surface area (Å²) in [6.45, 7) is 4.47. The molecule has 0 radical (unpaired) electrons. The highest BCUT2D eigenvalue weighted by atomic mass is 32.2. The SMILES string of the molecule is CC(N)(CN1CCCS(=O)(=O)CC1)C1CC1. The molecule has 0 aromatic heterocycles. The van der Waals surface area contributed by atoms with Crippen molar-refractivity contribution >= 4 is 9.84 Å². The van der Waals surface area contributed by atoms with Gasteiger partial charge in [0.25, 0.3) is 0 Å². The van der Waals surface area contributed by atoms with Crippen molar-refractivity contribution < 1.29 is 8.42 Å². The predicted molar refractivity (Wildman–Crippen MR) is 65.0 cm³/mol. The number of hydrogen-bond acceptors (Lipinski definition) is 4. The molecule has 1 saturated heterocycles. The van der Waals surface area contributed by atoms with E-state index in [0.717, 1.165) is 19.5 Å². The molecule has 4 nitrogen and oxygen atoms in total. The summed E-state index contributed by atoms with van der Waals surface area (Å²) in [6.07, 6.45) is 3.22. The van der Waals surface area contributed by atoms with Crippen LogP contribution in [0.2, 0.25) is 0 Å². The molecule has 0 spiro atoms. The summed E-state index contributed by atoms with van der Waals surface area (Å²) in [5.74, 6) is 1.29. The van der Waals surface area contributed by atoms with Crippen molar-refractivity contribution in [1.29, 1.82) is 0 Å². The summed E-state index contributed by atoms with van der Waals surface area (Å²) >= 11 is 0. The first-order chi connectivity index (χ1) is 7.39. The molecule has 94 valence electrons. The third kappa shape index (κ3) is 3.18. The van der Waals surface area contributed by atoms with E-state index in [1.807, 2.05) is 0 Å². The maximum Gasteiger partial charge on any atom is 0.151 e. The molecule has 1 atom stereocenters. The van der Waals surface area contributed by atoms with Crippen molar-refractivity contribution in [3.05, 3.63) is 0 Å². The molecule has 0 bridgehead atoms. The van der Waals surface area contributed by atoms with E-state index < -0.39 is 9.84 Å². The van der Waals surface area contributed by atoms with Gasteiger partial charge in [0.2, 0.25) is 0 Å². The predicted octanol–water partition coefficient (Wildman–Crippen LogP) is 0.234. The van der Waals surface area contributed by atoms with Crippen molar-refractivity contribution in [2.24, 2.45) is 11.7 Å². The standard InChI is InChI=1S/C11H22N2O2S/c1-11(12,10-3-4-10)9-13-5-2-7-16(14,15)8-6-13/h10H,2-9,12H2,1H3. The van der Waals surface area contributed by atoms with Crippen LogP contribution >= 0.6 is 0 Å². The van der Waals surface area contributed by atoms with Gasteiger partial charge in [-0.2, -0.15) is 0 Å². The van der Waals surface area contributed by atoms with Gasteiger partial charge in [-0.05, 0) is 38.6 Å². The molecule has 1 aliphatic heterocycles. The number of nitrogens with two attached hydrogens (primary N) is 1. The quantitative estimate of drug-likeness (QED) is 0.774. The van der Waals surface area contributed by atoms with Gasteiger partial charge in [-0.1, -0.05) is 0 Å². The average Bonchev–Trinajstić information content (AvgIpc) is 2.94. The summed E-state index contributed by atoms with van der Waals surface area (Å²) < 4.78 is 22.9. The number of sulfone groups is 1. The normalized spacial score (nSPS) is 30.6. The Morgan fingerprint density at radius 1 is 1.31 bits per heavy atom. The zero-order valence-electron chi connectivity index (χ0n) is 9.98. The van der Waals surface area contributed by atoms with E-state index in [4.69, 9.17) is 5.73 Å². The van der Waals surface area contributed by atoms with Gasteiger partial charge in [0.15, 0.2) is 9.84 Å². The summed E-state index contributed by atoms with van der Waals surface area (Å²) in [7, 11) is -2.79. The Hall–Kier alpha value is -0.130. The minimum absolute atomic E-state index is 0.131. The smallest absolute Gasteiger partial charge is 0.151 e. The van der Waals surface area contributed by atoms with Gasteiger partial charge in [-0.15, -0.1) is 0 Å². The van der Waals surface area contributed by atoms with Crippen molar-refractivity contribution in [2.75, 3.05) is 31.1 Å². The molecule has 16 heavy (non-hydrogen) atoms. The lowest BCUT2D eigenvalue weighted by molar-refractivity contribution is 0.214. The van der Waals surface area contributed by atoms with E-state index >= 15 is 0 Å². The lowest BCUT2D eigenvalue weighted by Crippen LogP contribution is -2.50. The topological polar surface area (TPSA) is 63.4 Å². The first-order valence-electron chi connectivity index (χ1n) is 6.11. The molecule has 1 unspecified atom stereocenters. The highest BCUT2D eigenvalue weighted by Crippen LogP contribution is 2.38. The monoisotopic (exact) mass is 246 g/mol. The Balaban J connectivity index is 1.90. The molecule has 1 aliphatic carbocycles. The Labute approximate surface area is 98.1 Å². The first kappa shape index (κ1) is 12.3. The zero-order valence-corrected chi connectivity index (χ0v) is 10.8. The summed E-state index contributed by atoms with van der Waals surface area (Å²) in [5.41, 5.74) is 6.15. The van der Waals surface area contributed by atoms with Gasteiger partial charge < -0.3 is 10.6 Å². The van der Waals surface area contributed by atoms with Gasteiger partial charge in [0, 0.05) is 18.6 Å². The molecular weight excluding hydrogens is 224 g/mol. The Bertz CT molecular complexity index is 347. The Morgan fingerprint density at radius 3 is 2.62 bits per heavy atom. The number of rotatable bonds is 3.